The Morgan fingerprint density at radius 2 is 0.603 bits per heavy atom. The monoisotopic (exact) mass is 1100 g/mol. The van der Waals surface area contributed by atoms with E-state index in [1.54, 1.807) is 0 Å². The molecule has 78 heavy (non-hydrogen) atoms. The molecule has 0 fully saturated rings. The number of unbranched alkanes of at least 4 members (excludes halogenated alkanes) is 55. The molecule has 0 aliphatic heterocycles. The van der Waals surface area contributed by atoms with Gasteiger partial charge in [0.05, 0.1) is 25.4 Å². The van der Waals surface area contributed by atoms with Crippen LogP contribution in [0, 0.1) is 0 Å². The van der Waals surface area contributed by atoms with Gasteiger partial charge in [-0.05, 0) is 51.4 Å². The zero-order chi connectivity index (χ0) is 56.4. The molecule has 0 aliphatic carbocycles. The van der Waals surface area contributed by atoms with Crippen molar-refractivity contribution in [2.45, 2.75) is 424 Å². The average Bonchev–Trinajstić information content (AvgIpc) is 3.44. The van der Waals surface area contributed by atoms with E-state index in [1.807, 2.05) is 0 Å². The van der Waals surface area contributed by atoms with Gasteiger partial charge in [0, 0.05) is 12.8 Å². The highest BCUT2D eigenvalue weighted by atomic mass is 16.5. The number of rotatable bonds is 68. The Hall–Kier alpha value is -1.40. The van der Waals surface area contributed by atoms with Gasteiger partial charge >= 0.3 is 5.97 Å². The highest BCUT2D eigenvalue weighted by Gasteiger charge is 2.20. The molecule has 3 N–H and O–H groups in total. The number of ether oxygens (including phenoxy) is 1. The molecule has 2 unspecified atom stereocenters. The van der Waals surface area contributed by atoms with Crippen LogP contribution in [0.15, 0.2) is 12.2 Å². The van der Waals surface area contributed by atoms with Gasteiger partial charge in [-0.3, -0.25) is 9.59 Å². The van der Waals surface area contributed by atoms with Crippen LogP contribution in [0.1, 0.15) is 412 Å². The van der Waals surface area contributed by atoms with Crippen molar-refractivity contribution >= 4 is 11.9 Å². The van der Waals surface area contributed by atoms with Crippen LogP contribution in [0.4, 0.5) is 0 Å². The van der Waals surface area contributed by atoms with E-state index in [0.717, 1.165) is 44.9 Å². The number of carbonyl (C=O) groups is 2. The number of allylic oxidation sites excluding steroid dienone is 2. The molecule has 0 spiro atoms. The first-order valence-corrected chi connectivity index (χ1v) is 35.9. The van der Waals surface area contributed by atoms with Crippen molar-refractivity contribution in [1.82, 2.24) is 5.32 Å². The predicted octanol–water partition coefficient (Wildman–Crippen LogP) is 23.1. The van der Waals surface area contributed by atoms with Gasteiger partial charge in [0.2, 0.25) is 5.91 Å². The Bertz CT molecular complexity index is 1180. The smallest absolute Gasteiger partial charge is 0.305 e. The van der Waals surface area contributed by atoms with Crippen LogP contribution in [0.3, 0.4) is 0 Å². The van der Waals surface area contributed by atoms with Gasteiger partial charge in [0.15, 0.2) is 0 Å². The van der Waals surface area contributed by atoms with E-state index in [0.29, 0.717) is 25.9 Å². The molecule has 0 aliphatic rings. The van der Waals surface area contributed by atoms with Crippen molar-refractivity contribution in [2.75, 3.05) is 13.2 Å². The second-order valence-electron chi connectivity index (χ2n) is 24.9. The molecule has 0 aromatic rings. The molecule has 0 heterocycles. The van der Waals surface area contributed by atoms with E-state index >= 15 is 0 Å². The van der Waals surface area contributed by atoms with Crippen LogP contribution in [-0.4, -0.2) is 47.4 Å². The summed E-state index contributed by atoms with van der Waals surface area (Å²) in [6, 6.07) is -0.541. The fraction of sp³-hybridized carbons (Fsp3) is 0.944. The van der Waals surface area contributed by atoms with Crippen molar-refractivity contribution in [2.24, 2.45) is 0 Å². The molecule has 0 saturated heterocycles. The van der Waals surface area contributed by atoms with Crippen LogP contribution in [0.5, 0.6) is 0 Å². The van der Waals surface area contributed by atoms with Crippen molar-refractivity contribution in [3.05, 3.63) is 12.2 Å². The van der Waals surface area contributed by atoms with Gasteiger partial charge in [0.1, 0.15) is 0 Å². The summed E-state index contributed by atoms with van der Waals surface area (Å²) in [5.41, 5.74) is 0. The van der Waals surface area contributed by atoms with Gasteiger partial charge in [-0.2, -0.15) is 0 Å². The molecule has 6 heteroatoms. The molecule has 2 atom stereocenters. The second kappa shape index (κ2) is 68.1. The Morgan fingerprint density at radius 1 is 0.346 bits per heavy atom. The number of esters is 1. The molecule has 0 radical (unpaired) electrons. The van der Waals surface area contributed by atoms with E-state index in [2.05, 4.69) is 31.3 Å². The molecule has 0 rings (SSSR count). The number of aliphatic hydroxyl groups is 2. The average molecular weight is 1100 g/mol. The molecular weight excluding hydrogens is 959 g/mol. The van der Waals surface area contributed by atoms with Crippen LogP contribution >= 0.6 is 0 Å². The summed E-state index contributed by atoms with van der Waals surface area (Å²) in [6.45, 7) is 4.97. The number of nitrogens with one attached hydrogen (secondary N) is 1. The molecule has 464 valence electrons. The quantitative estimate of drug-likeness (QED) is 0.0320. The Morgan fingerprint density at radius 3 is 0.936 bits per heavy atom. The van der Waals surface area contributed by atoms with Crippen molar-refractivity contribution in [3.63, 3.8) is 0 Å². The third-order valence-corrected chi connectivity index (χ3v) is 17.1. The third kappa shape index (κ3) is 63.8. The lowest BCUT2D eigenvalue weighted by atomic mass is 10.0. The molecule has 0 aromatic carbocycles. The highest BCUT2D eigenvalue weighted by Crippen LogP contribution is 2.20. The van der Waals surface area contributed by atoms with Crippen LogP contribution in [0.25, 0.3) is 0 Å². The van der Waals surface area contributed by atoms with Gasteiger partial charge in [0.25, 0.3) is 0 Å². The van der Waals surface area contributed by atoms with Crippen molar-refractivity contribution in [1.29, 1.82) is 0 Å². The first-order valence-electron chi connectivity index (χ1n) is 35.9. The second-order valence-corrected chi connectivity index (χ2v) is 24.9. The third-order valence-electron chi connectivity index (χ3n) is 17.1. The summed E-state index contributed by atoms with van der Waals surface area (Å²) in [4.78, 5) is 24.6. The normalized spacial score (nSPS) is 12.5. The molecule has 1 amide bonds. The lowest BCUT2D eigenvalue weighted by Gasteiger charge is -2.22. The predicted molar refractivity (Wildman–Crippen MR) is 343 cm³/mol. The summed E-state index contributed by atoms with van der Waals surface area (Å²) < 4.78 is 5.48. The minimum absolute atomic E-state index is 0.00742. The number of aliphatic hydroxyl groups excluding tert-OH is 2. The van der Waals surface area contributed by atoms with Gasteiger partial charge in [-0.1, -0.05) is 360 Å². The molecule has 0 saturated carbocycles. The maximum absolute atomic E-state index is 12.6. The Kier molecular flexibility index (Phi) is 66.9. The standard InChI is InChI=1S/C72H141NO5/c1-3-5-7-9-11-13-15-17-18-19-20-21-22-26-29-32-35-38-41-44-48-52-56-60-64-70(75)69(68-74)73-71(76)65-61-57-53-49-45-42-39-36-33-30-27-24-23-25-28-31-34-37-40-43-47-51-55-59-63-67-78-72(77)66-62-58-54-50-46-16-14-12-10-8-6-4-2/h12,14,69-70,74-75H,3-11,13,15-68H2,1-2H3,(H,73,76)/b14-12-. The SMILES string of the molecule is CCCCC/C=C\CCCCCCCC(=O)OCCCCCCCCCCCCCCCCCCCCCCCCCCCC(=O)NC(CO)C(O)CCCCCCCCCCCCCCCCCCCCCCCCCC. The molecular formula is C72H141NO5. The zero-order valence-electron chi connectivity index (χ0n) is 53.2. The minimum atomic E-state index is -0.664. The number of hydrogen-bond donors (Lipinski definition) is 3. The summed E-state index contributed by atoms with van der Waals surface area (Å²) in [6.07, 6.45) is 84.1. The number of amides is 1. The number of hydrogen-bond acceptors (Lipinski definition) is 5. The first-order chi connectivity index (χ1) is 38.5. The highest BCUT2D eigenvalue weighted by molar-refractivity contribution is 5.76. The number of carbonyl (C=O) groups excluding carboxylic acids is 2. The lowest BCUT2D eigenvalue weighted by molar-refractivity contribution is -0.143. The van der Waals surface area contributed by atoms with Gasteiger partial charge in [-0.15, -0.1) is 0 Å². The zero-order valence-corrected chi connectivity index (χ0v) is 53.2. The molecule has 6 nitrogen and oxygen atoms in total. The first kappa shape index (κ1) is 76.6. The summed E-state index contributed by atoms with van der Waals surface area (Å²) in [5, 5.41) is 23.5. The van der Waals surface area contributed by atoms with E-state index in [-0.39, 0.29) is 18.5 Å². The molecule has 0 bridgehead atoms. The van der Waals surface area contributed by atoms with Crippen molar-refractivity contribution < 1.29 is 24.5 Å². The summed E-state index contributed by atoms with van der Waals surface area (Å²) in [7, 11) is 0. The Labute approximate surface area is 489 Å². The van der Waals surface area contributed by atoms with E-state index < -0.39 is 12.1 Å². The van der Waals surface area contributed by atoms with Gasteiger partial charge < -0.3 is 20.3 Å². The maximum Gasteiger partial charge on any atom is 0.305 e. The van der Waals surface area contributed by atoms with E-state index in [4.69, 9.17) is 4.74 Å². The van der Waals surface area contributed by atoms with E-state index in [9.17, 15) is 19.8 Å². The largest absolute Gasteiger partial charge is 0.466 e. The van der Waals surface area contributed by atoms with E-state index in [1.165, 1.54) is 334 Å². The molecule has 0 aromatic heterocycles. The fourth-order valence-corrected chi connectivity index (χ4v) is 11.6. The topological polar surface area (TPSA) is 95.9 Å². The van der Waals surface area contributed by atoms with Crippen molar-refractivity contribution in [3.8, 4) is 0 Å². The van der Waals surface area contributed by atoms with Crippen LogP contribution in [0.2, 0.25) is 0 Å². The van der Waals surface area contributed by atoms with Crippen LogP contribution in [-0.2, 0) is 14.3 Å². The minimum Gasteiger partial charge on any atom is -0.466 e. The van der Waals surface area contributed by atoms with Crippen LogP contribution < -0.4 is 5.32 Å². The maximum atomic E-state index is 12.6. The summed E-state index contributed by atoms with van der Waals surface area (Å²) >= 11 is 0. The van der Waals surface area contributed by atoms with Gasteiger partial charge in [-0.25, -0.2) is 0 Å². The Balaban J connectivity index is 3.36. The summed E-state index contributed by atoms with van der Waals surface area (Å²) in [5.74, 6) is -0.0204. The fourth-order valence-electron chi connectivity index (χ4n) is 11.6. The lowest BCUT2D eigenvalue weighted by Crippen LogP contribution is -2.45.